The maximum absolute atomic E-state index is 12.5. The lowest BCUT2D eigenvalue weighted by Crippen LogP contribution is -2.69. The van der Waals surface area contributed by atoms with E-state index in [4.69, 9.17) is 4.74 Å². The van der Waals surface area contributed by atoms with Gasteiger partial charge in [0.05, 0.1) is 0 Å². The maximum atomic E-state index is 12.5. The number of hydrogen-bond acceptors (Lipinski definition) is 3. The van der Waals surface area contributed by atoms with Gasteiger partial charge in [0.15, 0.2) is 0 Å². The Bertz CT molecular complexity index is 333. The van der Waals surface area contributed by atoms with Crippen molar-refractivity contribution >= 4 is 11.8 Å². The van der Waals surface area contributed by atoms with Gasteiger partial charge in [-0.1, -0.05) is 13.8 Å². The lowest BCUT2D eigenvalue weighted by Gasteiger charge is -2.44. The number of carbonyl (C=O) groups is 2. The number of nitrogens with zero attached hydrogens (tertiary/aromatic N) is 1. The monoisotopic (exact) mass is 270 g/mol. The summed E-state index contributed by atoms with van der Waals surface area (Å²) in [5.41, 5.74) is -0.756. The average molecular weight is 270 g/mol. The number of carbonyl (C=O) groups excluding carboxylic acids is 2. The fourth-order valence-electron chi connectivity index (χ4n) is 2.39. The average Bonchev–Trinajstić information content (AvgIpc) is 2.40. The summed E-state index contributed by atoms with van der Waals surface area (Å²) in [4.78, 5) is 26.4. The van der Waals surface area contributed by atoms with Crippen LogP contribution >= 0.6 is 0 Å². The SMILES string of the molecule is CCOCCCN1C(=O)C(C)(CC)NC(=O)C1CC. The molecule has 0 bridgehead atoms. The molecular formula is C14H26N2O3. The fourth-order valence-corrected chi connectivity index (χ4v) is 2.39. The summed E-state index contributed by atoms with van der Waals surface area (Å²) in [5.74, 6) is -0.0131. The summed E-state index contributed by atoms with van der Waals surface area (Å²) >= 11 is 0. The minimum absolute atomic E-state index is 0.0259. The van der Waals surface area contributed by atoms with Crippen LogP contribution in [0, 0.1) is 0 Å². The molecule has 0 aromatic carbocycles. The highest BCUT2D eigenvalue weighted by atomic mass is 16.5. The molecule has 110 valence electrons. The van der Waals surface area contributed by atoms with Gasteiger partial charge >= 0.3 is 0 Å². The fraction of sp³-hybridized carbons (Fsp3) is 0.857. The summed E-state index contributed by atoms with van der Waals surface area (Å²) in [6, 6.07) is -0.339. The van der Waals surface area contributed by atoms with Crippen LogP contribution < -0.4 is 5.32 Å². The quantitative estimate of drug-likeness (QED) is 0.710. The van der Waals surface area contributed by atoms with Gasteiger partial charge in [-0.3, -0.25) is 9.59 Å². The van der Waals surface area contributed by atoms with Crippen molar-refractivity contribution in [3.05, 3.63) is 0 Å². The van der Waals surface area contributed by atoms with E-state index >= 15 is 0 Å². The van der Waals surface area contributed by atoms with Crippen LogP contribution in [0.15, 0.2) is 0 Å². The van der Waals surface area contributed by atoms with Crippen LogP contribution in [0.4, 0.5) is 0 Å². The minimum atomic E-state index is -0.756. The van der Waals surface area contributed by atoms with Crippen LogP contribution in [-0.4, -0.2) is 48.1 Å². The van der Waals surface area contributed by atoms with Crippen molar-refractivity contribution in [3.63, 3.8) is 0 Å². The Kier molecular flexibility index (Phi) is 5.79. The molecular weight excluding hydrogens is 244 g/mol. The zero-order chi connectivity index (χ0) is 14.5. The number of amides is 2. The number of rotatable bonds is 7. The van der Waals surface area contributed by atoms with E-state index in [1.54, 1.807) is 11.8 Å². The minimum Gasteiger partial charge on any atom is -0.382 e. The van der Waals surface area contributed by atoms with Crippen LogP contribution in [0.25, 0.3) is 0 Å². The molecule has 1 fully saturated rings. The Morgan fingerprint density at radius 2 is 2.00 bits per heavy atom. The van der Waals surface area contributed by atoms with Crippen LogP contribution in [0.2, 0.25) is 0 Å². The normalized spacial score (nSPS) is 27.6. The van der Waals surface area contributed by atoms with Crippen molar-refractivity contribution in [2.24, 2.45) is 0 Å². The Hall–Kier alpha value is -1.10. The molecule has 0 aliphatic carbocycles. The van der Waals surface area contributed by atoms with Gasteiger partial charge < -0.3 is 15.0 Å². The second kappa shape index (κ2) is 6.89. The molecule has 1 saturated heterocycles. The molecule has 1 aliphatic heterocycles. The summed E-state index contributed by atoms with van der Waals surface area (Å²) in [7, 11) is 0. The highest BCUT2D eigenvalue weighted by Gasteiger charge is 2.45. The smallest absolute Gasteiger partial charge is 0.248 e. The van der Waals surface area contributed by atoms with Gasteiger partial charge in [0, 0.05) is 19.8 Å². The predicted octanol–water partition coefficient (Wildman–Crippen LogP) is 1.32. The number of nitrogens with one attached hydrogen (secondary N) is 1. The molecule has 5 heteroatoms. The van der Waals surface area contributed by atoms with Crippen molar-refractivity contribution in [1.82, 2.24) is 10.2 Å². The van der Waals surface area contributed by atoms with E-state index in [2.05, 4.69) is 5.32 Å². The van der Waals surface area contributed by atoms with Gasteiger partial charge in [-0.25, -0.2) is 0 Å². The molecule has 0 aromatic heterocycles. The van der Waals surface area contributed by atoms with E-state index in [-0.39, 0.29) is 17.9 Å². The first-order valence-corrected chi connectivity index (χ1v) is 7.21. The first-order chi connectivity index (χ1) is 9.00. The Labute approximate surface area is 115 Å². The molecule has 1 N–H and O–H groups in total. The highest BCUT2D eigenvalue weighted by molar-refractivity contribution is 5.99. The Morgan fingerprint density at radius 1 is 1.32 bits per heavy atom. The van der Waals surface area contributed by atoms with Gasteiger partial charge in [-0.15, -0.1) is 0 Å². The molecule has 2 atom stereocenters. The standard InChI is InChI=1S/C14H26N2O3/c1-5-11-12(17)15-14(4,6-2)13(18)16(11)9-8-10-19-7-3/h11H,5-10H2,1-4H3,(H,15,17). The molecule has 0 radical (unpaired) electrons. The predicted molar refractivity (Wildman–Crippen MR) is 73.7 cm³/mol. The number of ether oxygens (including phenoxy) is 1. The second-order valence-electron chi connectivity index (χ2n) is 5.15. The Morgan fingerprint density at radius 3 is 2.53 bits per heavy atom. The molecule has 0 saturated carbocycles. The van der Waals surface area contributed by atoms with Gasteiger partial charge in [-0.2, -0.15) is 0 Å². The van der Waals surface area contributed by atoms with Crippen LogP contribution in [0.3, 0.4) is 0 Å². The van der Waals surface area contributed by atoms with Crippen molar-refractivity contribution in [1.29, 1.82) is 0 Å². The van der Waals surface area contributed by atoms with E-state index in [1.165, 1.54) is 0 Å². The molecule has 1 heterocycles. The molecule has 0 aromatic rings. The van der Waals surface area contributed by atoms with Crippen molar-refractivity contribution < 1.29 is 14.3 Å². The zero-order valence-electron chi connectivity index (χ0n) is 12.5. The number of piperazine rings is 1. The largest absolute Gasteiger partial charge is 0.382 e. The molecule has 19 heavy (non-hydrogen) atoms. The topological polar surface area (TPSA) is 58.6 Å². The third kappa shape index (κ3) is 3.47. The molecule has 1 aliphatic rings. The molecule has 5 nitrogen and oxygen atoms in total. The van der Waals surface area contributed by atoms with E-state index in [0.29, 0.717) is 32.6 Å². The summed E-state index contributed by atoms with van der Waals surface area (Å²) in [5, 5.41) is 2.86. The molecule has 0 spiro atoms. The summed E-state index contributed by atoms with van der Waals surface area (Å²) < 4.78 is 5.30. The third-order valence-electron chi connectivity index (χ3n) is 3.80. The number of hydrogen-bond donors (Lipinski definition) is 1. The maximum Gasteiger partial charge on any atom is 0.248 e. The molecule has 2 amide bonds. The van der Waals surface area contributed by atoms with E-state index in [9.17, 15) is 9.59 Å². The Balaban J connectivity index is 2.75. The summed E-state index contributed by atoms with van der Waals surface area (Å²) in [6.07, 6.45) is 2.02. The lowest BCUT2D eigenvalue weighted by molar-refractivity contribution is -0.154. The van der Waals surface area contributed by atoms with Gasteiger partial charge in [0.1, 0.15) is 11.6 Å². The lowest BCUT2D eigenvalue weighted by atomic mass is 9.91. The first-order valence-electron chi connectivity index (χ1n) is 7.21. The van der Waals surface area contributed by atoms with Crippen LogP contribution in [0.1, 0.15) is 47.0 Å². The first kappa shape index (κ1) is 16.0. The van der Waals surface area contributed by atoms with E-state index in [0.717, 1.165) is 6.42 Å². The molecule has 1 rings (SSSR count). The summed E-state index contributed by atoms with van der Waals surface area (Å²) in [6.45, 7) is 9.49. The third-order valence-corrected chi connectivity index (χ3v) is 3.80. The van der Waals surface area contributed by atoms with Gasteiger partial charge in [0.25, 0.3) is 0 Å². The van der Waals surface area contributed by atoms with Crippen LogP contribution in [0.5, 0.6) is 0 Å². The van der Waals surface area contributed by atoms with Crippen molar-refractivity contribution in [2.75, 3.05) is 19.8 Å². The van der Waals surface area contributed by atoms with Gasteiger partial charge in [0.2, 0.25) is 11.8 Å². The van der Waals surface area contributed by atoms with Crippen molar-refractivity contribution in [3.8, 4) is 0 Å². The van der Waals surface area contributed by atoms with E-state index in [1.807, 2.05) is 20.8 Å². The molecule has 2 unspecified atom stereocenters. The van der Waals surface area contributed by atoms with Crippen molar-refractivity contribution in [2.45, 2.75) is 58.5 Å². The van der Waals surface area contributed by atoms with Gasteiger partial charge in [-0.05, 0) is 33.1 Å². The highest BCUT2D eigenvalue weighted by Crippen LogP contribution is 2.23. The van der Waals surface area contributed by atoms with E-state index < -0.39 is 5.54 Å². The van der Waals surface area contributed by atoms with Crippen LogP contribution in [-0.2, 0) is 14.3 Å². The zero-order valence-corrected chi connectivity index (χ0v) is 12.5. The second-order valence-corrected chi connectivity index (χ2v) is 5.15.